The van der Waals surface area contributed by atoms with Crippen LogP contribution in [0.4, 0.5) is 0 Å². The number of rotatable bonds is 4. The normalized spacial score (nSPS) is 10.3. The van der Waals surface area contributed by atoms with Crippen LogP contribution in [0.1, 0.15) is 12.1 Å². The Kier molecular flexibility index (Phi) is 4.38. The van der Waals surface area contributed by atoms with E-state index in [-0.39, 0.29) is 5.56 Å². The highest BCUT2D eigenvalue weighted by Gasteiger charge is 1.97. The van der Waals surface area contributed by atoms with Crippen LogP contribution in [0.25, 0.3) is 0 Å². The molecule has 0 amide bonds. The van der Waals surface area contributed by atoms with Crippen molar-refractivity contribution in [2.75, 3.05) is 11.5 Å². The topological polar surface area (TPSA) is 45.8 Å². The molecule has 0 saturated carbocycles. The third-order valence-corrected chi connectivity index (χ3v) is 2.67. The molecule has 0 saturated heterocycles. The standard InChI is InChI=1S/C8H12N2OS2/c1-6-5-7(11)10-8(9-6)13-4-2-3-12/h5,12H,2-4H2,1H3,(H,9,10,11). The Hall–Kier alpha value is -0.420. The maximum absolute atomic E-state index is 11.0. The SMILES string of the molecule is Cc1cc(=O)[nH]c(SCCCS)n1. The molecule has 0 aromatic carbocycles. The summed E-state index contributed by atoms with van der Waals surface area (Å²) in [6, 6.07) is 1.49. The number of aromatic amines is 1. The van der Waals surface area contributed by atoms with Gasteiger partial charge in [0.1, 0.15) is 0 Å². The van der Waals surface area contributed by atoms with Gasteiger partial charge in [0.15, 0.2) is 5.16 Å². The summed E-state index contributed by atoms with van der Waals surface area (Å²) < 4.78 is 0. The van der Waals surface area contributed by atoms with Gasteiger partial charge in [0.05, 0.1) is 0 Å². The van der Waals surface area contributed by atoms with Crippen molar-refractivity contribution in [1.29, 1.82) is 0 Å². The Bertz CT molecular complexity index is 324. The van der Waals surface area contributed by atoms with Crippen LogP contribution in [0.5, 0.6) is 0 Å². The van der Waals surface area contributed by atoms with Crippen molar-refractivity contribution in [1.82, 2.24) is 9.97 Å². The maximum atomic E-state index is 11.0. The van der Waals surface area contributed by atoms with Crippen molar-refractivity contribution >= 4 is 24.4 Å². The maximum Gasteiger partial charge on any atom is 0.251 e. The minimum absolute atomic E-state index is 0.0825. The van der Waals surface area contributed by atoms with E-state index in [4.69, 9.17) is 0 Å². The molecule has 1 rings (SSSR count). The molecule has 0 unspecified atom stereocenters. The van der Waals surface area contributed by atoms with E-state index >= 15 is 0 Å². The minimum atomic E-state index is -0.0825. The van der Waals surface area contributed by atoms with Gasteiger partial charge in [-0.25, -0.2) is 4.98 Å². The molecule has 1 heterocycles. The molecule has 1 aromatic heterocycles. The number of thiol groups is 1. The molecule has 1 N–H and O–H groups in total. The molecule has 0 atom stereocenters. The molecule has 13 heavy (non-hydrogen) atoms. The number of nitrogens with zero attached hydrogens (tertiary/aromatic N) is 1. The van der Waals surface area contributed by atoms with Gasteiger partial charge in [-0.15, -0.1) is 0 Å². The van der Waals surface area contributed by atoms with Crippen molar-refractivity contribution in [3.63, 3.8) is 0 Å². The Morgan fingerprint density at radius 1 is 1.69 bits per heavy atom. The first-order valence-electron chi connectivity index (χ1n) is 4.04. The molecular weight excluding hydrogens is 204 g/mol. The summed E-state index contributed by atoms with van der Waals surface area (Å²) in [6.07, 6.45) is 1.02. The molecule has 1 aromatic rings. The van der Waals surface area contributed by atoms with E-state index in [0.717, 1.165) is 23.6 Å². The number of thioether (sulfide) groups is 1. The second kappa shape index (κ2) is 5.34. The number of hydrogen-bond donors (Lipinski definition) is 2. The zero-order valence-electron chi connectivity index (χ0n) is 7.41. The monoisotopic (exact) mass is 216 g/mol. The largest absolute Gasteiger partial charge is 0.301 e. The van der Waals surface area contributed by atoms with E-state index in [1.54, 1.807) is 11.8 Å². The van der Waals surface area contributed by atoms with Gasteiger partial charge >= 0.3 is 0 Å². The zero-order valence-corrected chi connectivity index (χ0v) is 9.12. The van der Waals surface area contributed by atoms with Gasteiger partial charge in [-0.2, -0.15) is 12.6 Å². The summed E-state index contributed by atoms with van der Waals surface area (Å²) in [6.45, 7) is 1.82. The Labute approximate surface area is 86.8 Å². The quantitative estimate of drug-likeness (QED) is 0.347. The molecule has 0 aliphatic carbocycles. The van der Waals surface area contributed by atoms with E-state index in [1.807, 2.05) is 6.92 Å². The first kappa shape index (κ1) is 10.7. The smallest absolute Gasteiger partial charge is 0.251 e. The van der Waals surface area contributed by atoms with Crippen molar-refractivity contribution in [3.05, 3.63) is 22.1 Å². The predicted octanol–water partition coefficient (Wildman–Crippen LogP) is 1.49. The fourth-order valence-corrected chi connectivity index (χ4v) is 2.09. The van der Waals surface area contributed by atoms with Gasteiger partial charge in [-0.3, -0.25) is 4.79 Å². The van der Waals surface area contributed by atoms with Gasteiger partial charge < -0.3 is 4.98 Å². The Morgan fingerprint density at radius 2 is 2.46 bits per heavy atom. The van der Waals surface area contributed by atoms with Gasteiger partial charge in [-0.05, 0) is 19.1 Å². The van der Waals surface area contributed by atoms with Crippen LogP contribution in [0.3, 0.4) is 0 Å². The second-order valence-corrected chi connectivity index (χ2v) is 4.15. The lowest BCUT2D eigenvalue weighted by molar-refractivity contribution is 0.903. The fourth-order valence-electron chi connectivity index (χ4n) is 0.853. The third kappa shape index (κ3) is 3.87. The number of aromatic nitrogens is 2. The van der Waals surface area contributed by atoms with Crippen LogP contribution in [0.15, 0.2) is 16.0 Å². The van der Waals surface area contributed by atoms with Crippen LogP contribution in [0, 0.1) is 6.92 Å². The van der Waals surface area contributed by atoms with E-state index in [1.165, 1.54) is 6.07 Å². The van der Waals surface area contributed by atoms with E-state index in [2.05, 4.69) is 22.6 Å². The lowest BCUT2D eigenvalue weighted by Crippen LogP contribution is -2.08. The molecular formula is C8H12N2OS2. The lowest BCUT2D eigenvalue weighted by Gasteiger charge is -1.99. The molecule has 0 aliphatic rings. The summed E-state index contributed by atoms with van der Waals surface area (Å²) in [5, 5.41) is 0.701. The van der Waals surface area contributed by atoms with Gasteiger partial charge in [0, 0.05) is 17.5 Å². The fraction of sp³-hybridized carbons (Fsp3) is 0.500. The predicted molar refractivity (Wildman–Crippen MR) is 58.8 cm³/mol. The van der Waals surface area contributed by atoms with Gasteiger partial charge in [-0.1, -0.05) is 11.8 Å². The highest BCUT2D eigenvalue weighted by atomic mass is 32.2. The van der Waals surface area contributed by atoms with E-state index in [0.29, 0.717) is 5.16 Å². The summed E-state index contributed by atoms with van der Waals surface area (Å²) in [5.41, 5.74) is 0.679. The summed E-state index contributed by atoms with van der Waals surface area (Å²) in [4.78, 5) is 17.9. The summed E-state index contributed by atoms with van der Waals surface area (Å²) in [5.74, 6) is 1.80. The van der Waals surface area contributed by atoms with E-state index < -0.39 is 0 Å². The molecule has 3 nitrogen and oxygen atoms in total. The summed E-state index contributed by atoms with van der Waals surface area (Å²) >= 11 is 5.66. The minimum Gasteiger partial charge on any atom is -0.301 e. The van der Waals surface area contributed by atoms with Crippen molar-refractivity contribution in [2.45, 2.75) is 18.5 Å². The molecule has 5 heteroatoms. The number of nitrogens with one attached hydrogen (secondary N) is 1. The summed E-state index contributed by atoms with van der Waals surface area (Å²) in [7, 11) is 0. The van der Waals surface area contributed by atoms with Gasteiger partial charge in [0.25, 0.3) is 5.56 Å². The van der Waals surface area contributed by atoms with Crippen molar-refractivity contribution in [2.24, 2.45) is 0 Å². The first-order valence-corrected chi connectivity index (χ1v) is 5.66. The molecule has 0 aliphatic heterocycles. The van der Waals surface area contributed by atoms with Crippen LogP contribution >= 0.6 is 24.4 Å². The average molecular weight is 216 g/mol. The van der Waals surface area contributed by atoms with Crippen molar-refractivity contribution in [3.8, 4) is 0 Å². The third-order valence-electron chi connectivity index (χ3n) is 1.39. The molecule has 0 radical (unpaired) electrons. The van der Waals surface area contributed by atoms with Gasteiger partial charge in [0.2, 0.25) is 0 Å². The van der Waals surface area contributed by atoms with Crippen LogP contribution in [-0.4, -0.2) is 21.5 Å². The molecule has 0 fully saturated rings. The van der Waals surface area contributed by atoms with Crippen LogP contribution in [-0.2, 0) is 0 Å². The number of H-pyrrole nitrogens is 1. The average Bonchev–Trinajstić information content (AvgIpc) is 2.03. The first-order chi connectivity index (χ1) is 6.22. The molecule has 0 spiro atoms. The Morgan fingerprint density at radius 3 is 3.08 bits per heavy atom. The number of aryl methyl sites for hydroxylation is 1. The number of hydrogen-bond acceptors (Lipinski definition) is 4. The zero-order chi connectivity index (χ0) is 9.68. The Balaban J connectivity index is 2.61. The highest BCUT2D eigenvalue weighted by Crippen LogP contribution is 2.12. The van der Waals surface area contributed by atoms with Crippen molar-refractivity contribution < 1.29 is 0 Å². The molecule has 0 bridgehead atoms. The van der Waals surface area contributed by atoms with E-state index in [9.17, 15) is 4.79 Å². The lowest BCUT2D eigenvalue weighted by atomic mass is 10.5. The highest BCUT2D eigenvalue weighted by molar-refractivity contribution is 7.99. The van der Waals surface area contributed by atoms with Crippen LogP contribution < -0.4 is 5.56 Å². The van der Waals surface area contributed by atoms with Crippen LogP contribution in [0.2, 0.25) is 0 Å². The molecule has 72 valence electrons. The second-order valence-electron chi connectivity index (χ2n) is 2.62.